The van der Waals surface area contributed by atoms with Crippen molar-refractivity contribution in [1.29, 1.82) is 0 Å². The van der Waals surface area contributed by atoms with Gasteiger partial charge < -0.3 is 10.2 Å². The van der Waals surface area contributed by atoms with Crippen molar-refractivity contribution in [3.05, 3.63) is 28.8 Å². The summed E-state index contributed by atoms with van der Waals surface area (Å²) in [6.07, 6.45) is 2.58. The summed E-state index contributed by atoms with van der Waals surface area (Å²) in [7, 11) is 0. The van der Waals surface area contributed by atoms with Crippen molar-refractivity contribution in [2.75, 3.05) is 18.0 Å². The van der Waals surface area contributed by atoms with Gasteiger partial charge in [0, 0.05) is 35.4 Å². The first-order valence-corrected chi connectivity index (χ1v) is 8.63. The van der Waals surface area contributed by atoms with Crippen LogP contribution in [0.25, 0.3) is 0 Å². The van der Waals surface area contributed by atoms with Gasteiger partial charge in [-0.2, -0.15) is 0 Å². The molecule has 0 aromatic heterocycles. The van der Waals surface area contributed by atoms with Crippen molar-refractivity contribution in [2.24, 2.45) is 11.8 Å². The molecule has 0 radical (unpaired) electrons. The molecule has 0 bridgehead atoms. The van der Waals surface area contributed by atoms with Gasteiger partial charge in [-0.3, -0.25) is 0 Å². The molecule has 0 spiro atoms. The van der Waals surface area contributed by atoms with E-state index in [-0.39, 0.29) is 0 Å². The molecule has 3 heteroatoms. The van der Waals surface area contributed by atoms with Crippen LogP contribution in [0.4, 0.5) is 5.69 Å². The molecule has 1 aromatic carbocycles. The molecule has 2 nitrogen and oxygen atoms in total. The Bertz CT molecular complexity index is 457. The van der Waals surface area contributed by atoms with Gasteiger partial charge in [-0.1, -0.05) is 45.4 Å². The van der Waals surface area contributed by atoms with Crippen LogP contribution >= 0.6 is 11.6 Å². The number of anilines is 1. The average Bonchev–Trinajstić information content (AvgIpc) is 2.89. The van der Waals surface area contributed by atoms with Crippen molar-refractivity contribution in [3.63, 3.8) is 0 Å². The first kappa shape index (κ1) is 16.6. The highest BCUT2D eigenvalue weighted by atomic mass is 35.5. The van der Waals surface area contributed by atoms with Gasteiger partial charge >= 0.3 is 0 Å². The summed E-state index contributed by atoms with van der Waals surface area (Å²) < 4.78 is 0. The van der Waals surface area contributed by atoms with E-state index in [0.29, 0.717) is 17.9 Å². The summed E-state index contributed by atoms with van der Waals surface area (Å²) in [6, 6.07) is 6.98. The van der Waals surface area contributed by atoms with E-state index >= 15 is 0 Å². The van der Waals surface area contributed by atoms with E-state index in [2.05, 4.69) is 50.0 Å². The molecule has 1 unspecified atom stereocenters. The van der Waals surface area contributed by atoms with Gasteiger partial charge in [-0.05, 0) is 43.4 Å². The fourth-order valence-electron chi connectivity index (χ4n) is 3.26. The number of halogens is 1. The third-order valence-electron chi connectivity index (χ3n) is 4.33. The Morgan fingerprint density at radius 3 is 2.71 bits per heavy atom. The van der Waals surface area contributed by atoms with E-state index in [0.717, 1.165) is 24.7 Å². The number of nitrogens with one attached hydrogen (secondary N) is 1. The topological polar surface area (TPSA) is 15.3 Å². The maximum atomic E-state index is 6.48. The van der Waals surface area contributed by atoms with Crippen LogP contribution in [0.1, 0.15) is 46.1 Å². The van der Waals surface area contributed by atoms with Gasteiger partial charge in [-0.25, -0.2) is 0 Å². The number of hydrogen-bond acceptors (Lipinski definition) is 2. The molecule has 1 heterocycles. The van der Waals surface area contributed by atoms with Gasteiger partial charge in [0.2, 0.25) is 0 Å². The predicted molar refractivity (Wildman–Crippen MR) is 93.2 cm³/mol. The molecule has 0 aliphatic carbocycles. The Morgan fingerprint density at radius 1 is 1.29 bits per heavy atom. The second-order valence-electron chi connectivity index (χ2n) is 6.91. The minimum atomic E-state index is 0.646. The normalized spacial score (nSPS) is 19.0. The van der Waals surface area contributed by atoms with Crippen LogP contribution in [0.2, 0.25) is 5.02 Å². The van der Waals surface area contributed by atoms with Gasteiger partial charge in [0.25, 0.3) is 0 Å². The molecule has 1 atom stereocenters. The predicted octanol–water partition coefficient (Wildman–Crippen LogP) is 4.71. The lowest BCUT2D eigenvalue weighted by atomic mass is 10.0. The molecule has 118 valence electrons. The lowest BCUT2D eigenvalue weighted by Gasteiger charge is -2.32. The third-order valence-corrected chi connectivity index (χ3v) is 4.68. The number of hydrogen-bond donors (Lipinski definition) is 1. The smallest absolute Gasteiger partial charge is 0.0471 e. The molecule has 1 saturated heterocycles. The Hall–Kier alpha value is -0.730. The summed E-state index contributed by atoms with van der Waals surface area (Å²) >= 11 is 6.48. The second kappa shape index (κ2) is 7.51. The quantitative estimate of drug-likeness (QED) is 0.818. The molecule has 1 N–H and O–H groups in total. The average molecular weight is 309 g/mol. The van der Waals surface area contributed by atoms with Crippen LogP contribution < -0.4 is 10.2 Å². The van der Waals surface area contributed by atoms with Crippen LogP contribution in [0.15, 0.2) is 18.2 Å². The SMILES string of the molecule is CC(C)CNCc1c(Cl)cccc1N1CCCC1C(C)C. The van der Waals surface area contributed by atoms with Gasteiger partial charge in [0.15, 0.2) is 0 Å². The van der Waals surface area contributed by atoms with Gasteiger partial charge in [0.1, 0.15) is 0 Å². The molecule has 1 aromatic rings. The number of benzene rings is 1. The fraction of sp³-hybridized carbons (Fsp3) is 0.667. The molecule has 1 fully saturated rings. The molecular formula is C18H29ClN2. The van der Waals surface area contributed by atoms with E-state index in [1.807, 2.05) is 6.07 Å². The summed E-state index contributed by atoms with van der Waals surface area (Å²) in [5.41, 5.74) is 2.59. The summed E-state index contributed by atoms with van der Waals surface area (Å²) in [5.74, 6) is 1.34. The zero-order chi connectivity index (χ0) is 15.4. The first-order chi connectivity index (χ1) is 10.0. The van der Waals surface area contributed by atoms with Crippen LogP contribution in [0.3, 0.4) is 0 Å². The van der Waals surface area contributed by atoms with E-state index in [1.165, 1.54) is 24.1 Å². The molecule has 0 saturated carbocycles. The minimum absolute atomic E-state index is 0.646. The van der Waals surface area contributed by atoms with Crippen LogP contribution in [-0.2, 0) is 6.54 Å². The highest BCUT2D eigenvalue weighted by molar-refractivity contribution is 6.31. The molecular weight excluding hydrogens is 280 g/mol. The largest absolute Gasteiger partial charge is 0.368 e. The van der Waals surface area contributed by atoms with Crippen molar-refractivity contribution < 1.29 is 0 Å². The summed E-state index contributed by atoms with van der Waals surface area (Å²) in [6.45, 7) is 12.1. The second-order valence-corrected chi connectivity index (χ2v) is 7.32. The Labute approximate surface area is 134 Å². The molecule has 1 aliphatic rings. The maximum absolute atomic E-state index is 6.48. The molecule has 0 amide bonds. The van der Waals surface area contributed by atoms with Gasteiger partial charge in [-0.15, -0.1) is 0 Å². The van der Waals surface area contributed by atoms with Crippen molar-refractivity contribution in [2.45, 2.75) is 53.1 Å². The standard InChI is InChI=1S/C18H29ClN2/c1-13(2)11-20-12-15-16(19)7-5-8-18(15)21-10-6-9-17(21)14(3)4/h5,7-8,13-14,17,20H,6,9-12H2,1-4H3. The summed E-state index contributed by atoms with van der Waals surface area (Å²) in [5, 5.41) is 4.43. The third kappa shape index (κ3) is 4.14. The monoisotopic (exact) mass is 308 g/mol. The zero-order valence-corrected chi connectivity index (χ0v) is 14.6. The van der Waals surface area contributed by atoms with E-state index in [9.17, 15) is 0 Å². The molecule has 21 heavy (non-hydrogen) atoms. The van der Waals surface area contributed by atoms with Crippen molar-refractivity contribution in [3.8, 4) is 0 Å². The van der Waals surface area contributed by atoms with Crippen molar-refractivity contribution in [1.82, 2.24) is 5.32 Å². The highest BCUT2D eigenvalue weighted by Gasteiger charge is 2.28. The maximum Gasteiger partial charge on any atom is 0.0471 e. The zero-order valence-electron chi connectivity index (χ0n) is 13.8. The van der Waals surface area contributed by atoms with Crippen LogP contribution in [-0.4, -0.2) is 19.1 Å². The molecule has 2 rings (SSSR count). The van der Waals surface area contributed by atoms with Crippen LogP contribution in [0.5, 0.6) is 0 Å². The first-order valence-electron chi connectivity index (χ1n) is 8.25. The lowest BCUT2D eigenvalue weighted by Crippen LogP contribution is -2.34. The van der Waals surface area contributed by atoms with Gasteiger partial charge in [0.05, 0.1) is 0 Å². The number of rotatable bonds is 6. The Morgan fingerprint density at radius 2 is 2.05 bits per heavy atom. The van der Waals surface area contributed by atoms with E-state index in [4.69, 9.17) is 11.6 Å². The van der Waals surface area contributed by atoms with Crippen molar-refractivity contribution >= 4 is 17.3 Å². The molecule has 1 aliphatic heterocycles. The van der Waals surface area contributed by atoms with Crippen LogP contribution in [0, 0.1) is 11.8 Å². The lowest BCUT2D eigenvalue weighted by molar-refractivity contribution is 0.490. The minimum Gasteiger partial charge on any atom is -0.368 e. The Kier molecular flexibility index (Phi) is 5.95. The Balaban J connectivity index is 2.20. The highest BCUT2D eigenvalue weighted by Crippen LogP contribution is 2.34. The van der Waals surface area contributed by atoms with E-state index in [1.54, 1.807) is 0 Å². The summed E-state index contributed by atoms with van der Waals surface area (Å²) in [4.78, 5) is 2.57. The fourth-order valence-corrected chi connectivity index (χ4v) is 3.50. The van der Waals surface area contributed by atoms with E-state index < -0.39 is 0 Å². The number of nitrogens with zero attached hydrogens (tertiary/aromatic N) is 1.